The zero-order chi connectivity index (χ0) is 11.2. The Kier molecular flexibility index (Phi) is 5.71. The second-order valence-corrected chi connectivity index (χ2v) is 4.88. The second-order valence-electron chi connectivity index (χ2n) is 2.90. The van der Waals surface area contributed by atoms with Gasteiger partial charge in [-0.1, -0.05) is 6.92 Å². The Morgan fingerprint density at radius 2 is 1.93 bits per heavy atom. The molecule has 0 saturated heterocycles. The average Bonchev–Trinajstić information content (AvgIpc) is 2.02. The molecule has 0 N–H and O–H groups in total. The average molecular weight is 223 g/mol. The van der Waals surface area contributed by atoms with Gasteiger partial charge in [-0.3, -0.25) is 4.79 Å². The molecule has 0 radical (unpaired) electrons. The van der Waals surface area contributed by atoms with Crippen molar-refractivity contribution in [2.24, 2.45) is 0 Å². The minimum atomic E-state index is -3.31. The molecule has 0 fully saturated rings. The first kappa shape index (κ1) is 13.4. The highest BCUT2D eigenvalue weighted by Crippen LogP contribution is 1.99. The lowest BCUT2D eigenvalue weighted by Crippen LogP contribution is -2.36. The molecule has 0 bridgehead atoms. The number of rotatable bonds is 6. The van der Waals surface area contributed by atoms with Crippen LogP contribution >= 0.6 is 0 Å². The van der Waals surface area contributed by atoms with Crippen molar-refractivity contribution in [2.45, 2.75) is 20.3 Å². The van der Waals surface area contributed by atoms with E-state index >= 15 is 0 Å². The maximum Gasteiger partial charge on any atom is 0.321 e. The van der Waals surface area contributed by atoms with Crippen LogP contribution in [-0.2, 0) is 19.6 Å². The topological polar surface area (TPSA) is 63.7 Å². The lowest BCUT2D eigenvalue weighted by atomic mass is 10.5. The normalized spacial score (nSPS) is 11.7. The third kappa shape index (κ3) is 5.18. The lowest BCUT2D eigenvalue weighted by molar-refractivity contribution is -0.143. The Morgan fingerprint density at radius 1 is 1.36 bits per heavy atom. The Balaban J connectivity index is 4.31. The summed E-state index contributed by atoms with van der Waals surface area (Å²) in [5.74, 6) is -0.508. The number of esters is 1. The summed E-state index contributed by atoms with van der Waals surface area (Å²) >= 11 is 0. The van der Waals surface area contributed by atoms with Crippen LogP contribution in [0.3, 0.4) is 0 Å². The molecule has 0 aromatic rings. The quantitative estimate of drug-likeness (QED) is 0.604. The van der Waals surface area contributed by atoms with Crippen LogP contribution in [0.1, 0.15) is 20.3 Å². The van der Waals surface area contributed by atoms with Crippen molar-refractivity contribution in [2.75, 3.05) is 26.0 Å². The number of nitrogens with zero attached hydrogens (tertiary/aromatic N) is 1. The third-order valence-electron chi connectivity index (χ3n) is 1.55. The van der Waals surface area contributed by atoms with Crippen molar-refractivity contribution in [3.05, 3.63) is 0 Å². The van der Waals surface area contributed by atoms with Gasteiger partial charge < -0.3 is 4.74 Å². The fourth-order valence-corrected chi connectivity index (χ4v) is 1.82. The minimum Gasteiger partial charge on any atom is -0.465 e. The molecule has 0 heterocycles. The SMILES string of the molecule is CCCN(CC(=O)OCC)S(C)(=O)=O. The van der Waals surface area contributed by atoms with Crippen molar-refractivity contribution in [1.29, 1.82) is 0 Å². The molecule has 0 amide bonds. The molecule has 5 nitrogen and oxygen atoms in total. The van der Waals surface area contributed by atoms with Gasteiger partial charge in [-0.2, -0.15) is 4.31 Å². The van der Waals surface area contributed by atoms with Gasteiger partial charge in [-0.15, -0.1) is 0 Å². The summed E-state index contributed by atoms with van der Waals surface area (Å²) in [4.78, 5) is 11.0. The Morgan fingerprint density at radius 3 is 2.29 bits per heavy atom. The maximum atomic E-state index is 11.2. The van der Waals surface area contributed by atoms with Crippen molar-refractivity contribution in [3.63, 3.8) is 0 Å². The number of hydrogen-bond acceptors (Lipinski definition) is 4. The van der Waals surface area contributed by atoms with Crippen LogP contribution < -0.4 is 0 Å². The molecule has 14 heavy (non-hydrogen) atoms. The van der Waals surface area contributed by atoms with Crippen molar-refractivity contribution in [1.82, 2.24) is 4.31 Å². The maximum absolute atomic E-state index is 11.2. The summed E-state index contributed by atoms with van der Waals surface area (Å²) in [5.41, 5.74) is 0. The summed E-state index contributed by atoms with van der Waals surface area (Å²) in [6.07, 6.45) is 1.76. The van der Waals surface area contributed by atoms with Crippen molar-refractivity contribution < 1.29 is 17.9 Å². The number of hydrogen-bond donors (Lipinski definition) is 0. The van der Waals surface area contributed by atoms with Crippen LogP contribution in [0.2, 0.25) is 0 Å². The van der Waals surface area contributed by atoms with Crippen LogP contribution in [0.25, 0.3) is 0 Å². The van der Waals surface area contributed by atoms with Gasteiger partial charge in [0, 0.05) is 6.54 Å². The highest BCUT2D eigenvalue weighted by Gasteiger charge is 2.19. The molecule has 0 aliphatic heterocycles. The Hall–Kier alpha value is -0.620. The van der Waals surface area contributed by atoms with Gasteiger partial charge in [-0.05, 0) is 13.3 Å². The molecule has 0 aromatic heterocycles. The number of carbonyl (C=O) groups excluding carboxylic acids is 1. The molecule has 6 heteroatoms. The van der Waals surface area contributed by atoms with Crippen LogP contribution in [0.4, 0.5) is 0 Å². The third-order valence-corrected chi connectivity index (χ3v) is 2.80. The largest absolute Gasteiger partial charge is 0.465 e. The van der Waals surface area contributed by atoms with Gasteiger partial charge in [0.25, 0.3) is 0 Å². The lowest BCUT2D eigenvalue weighted by Gasteiger charge is -2.17. The first-order chi connectivity index (χ1) is 6.41. The molecule has 0 aliphatic rings. The highest BCUT2D eigenvalue weighted by molar-refractivity contribution is 7.88. The highest BCUT2D eigenvalue weighted by atomic mass is 32.2. The van der Waals surface area contributed by atoms with Gasteiger partial charge in [0.05, 0.1) is 12.9 Å². The van der Waals surface area contributed by atoms with Gasteiger partial charge >= 0.3 is 5.97 Å². The fraction of sp³-hybridized carbons (Fsp3) is 0.875. The van der Waals surface area contributed by atoms with Crippen molar-refractivity contribution in [3.8, 4) is 0 Å². The smallest absolute Gasteiger partial charge is 0.321 e. The summed E-state index contributed by atoms with van der Waals surface area (Å²) in [6.45, 7) is 3.95. The van der Waals surface area contributed by atoms with Crippen molar-refractivity contribution >= 4 is 16.0 Å². The van der Waals surface area contributed by atoms with E-state index in [-0.39, 0.29) is 13.2 Å². The summed E-state index contributed by atoms with van der Waals surface area (Å²) in [6, 6.07) is 0. The molecule has 0 rings (SSSR count). The number of sulfonamides is 1. The Labute approximate surface area is 85.1 Å². The van der Waals surface area contributed by atoms with Gasteiger partial charge in [-0.25, -0.2) is 8.42 Å². The van der Waals surface area contributed by atoms with E-state index in [4.69, 9.17) is 0 Å². The summed E-state index contributed by atoms with van der Waals surface area (Å²) in [7, 11) is -3.31. The van der Waals surface area contributed by atoms with E-state index in [0.29, 0.717) is 13.0 Å². The molecule has 0 saturated carbocycles. The van der Waals surface area contributed by atoms with E-state index < -0.39 is 16.0 Å². The molecule has 0 atom stereocenters. The minimum absolute atomic E-state index is 0.194. The number of carbonyl (C=O) groups is 1. The number of ether oxygens (including phenoxy) is 1. The second kappa shape index (κ2) is 5.98. The van der Waals surface area contributed by atoms with E-state index in [9.17, 15) is 13.2 Å². The molecule has 0 aliphatic carbocycles. The van der Waals surface area contributed by atoms with E-state index in [1.807, 2.05) is 6.92 Å². The zero-order valence-corrected chi connectivity index (χ0v) is 9.63. The Bertz CT molecular complexity index is 273. The van der Waals surface area contributed by atoms with Gasteiger partial charge in [0.15, 0.2) is 0 Å². The first-order valence-corrected chi connectivity index (χ1v) is 6.37. The van der Waals surface area contributed by atoms with Gasteiger partial charge in [0.2, 0.25) is 10.0 Å². The molecule has 0 spiro atoms. The standard InChI is InChI=1S/C8H17NO4S/c1-4-6-9(14(3,11)12)7-8(10)13-5-2/h4-7H2,1-3H3. The van der Waals surface area contributed by atoms with Crippen LogP contribution in [0.5, 0.6) is 0 Å². The molecular weight excluding hydrogens is 206 g/mol. The summed E-state index contributed by atoms with van der Waals surface area (Å²) < 4.78 is 28.1. The van der Waals surface area contributed by atoms with Crippen LogP contribution in [0.15, 0.2) is 0 Å². The van der Waals surface area contributed by atoms with Crippen LogP contribution in [-0.4, -0.2) is 44.6 Å². The van der Waals surface area contributed by atoms with E-state index in [1.54, 1.807) is 6.92 Å². The fourth-order valence-electron chi connectivity index (χ4n) is 0.962. The first-order valence-electron chi connectivity index (χ1n) is 4.52. The predicted molar refractivity (Wildman–Crippen MR) is 53.3 cm³/mol. The summed E-state index contributed by atoms with van der Waals surface area (Å²) in [5, 5.41) is 0. The van der Waals surface area contributed by atoms with E-state index in [1.165, 1.54) is 0 Å². The molecule has 0 unspecified atom stereocenters. The zero-order valence-electron chi connectivity index (χ0n) is 8.82. The van der Waals surface area contributed by atoms with Gasteiger partial charge in [0.1, 0.15) is 6.54 Å². The molecule has 84 valence electrons. The molecular formula is C8H17NO4S. The van der Waals surface area contributed by atoms with E-state index in [2.05, 4.69) is 4.74 Å². The predicted octanol–water partition coefficient (Wildman–Crippen LogP) is 0.221. The van der Waals surface area contributed by atoms with Crippen LogP contribution in [0, 0.1) is 0 Å². The molecule has 0 aromatic carbocycles. The van der Waals surface area contributed by atoms with E-state index in [0.717, 1.165) is 10.6 Å². The monoisotopic (exact) mass is 223 g/mol.